The van der Waals surface area contributed by atoms with Crippen molar-refractivity contribution >= 4 is 11.9 Å². The van der Waals surface area contributed by atoms with E-state index >= 15 is 0 Å². The fourth-order valence-corrected chi connectivity index (χ4v) is 7.22. The van der Waals surface area contributed by atoms with Crippen LogP contribution in [-0.4, -0.2) is 62.1 Å². The highest BCUT2D eigenvalue weighted by Crippen LogP contribution is 2.44. The third-order valence-electron chi connectivity index (χ3n) is 9.32. The van der Waals surface area contributed by atoms with Crippen LogP contribution in [0.3, 0.4) is 0 Å². The monoisotopic (exact) mass is 587 g/mol. The predicted octanol–water partition coefficient (Wildman–Crippen LogP) is 6.16. The van der Waals surface area contributed by atoms with Gasteiger partial charge in [0.1, 0.15) is 11.7 Å². The molecule has 2 aliphatic rings. The lowest BCUT2D eigenvalue weighted by molar-refractivity contribution is -0.00899. The summed E-state index contributed by atoms with van der Waals surface area (Å²) >= 11 is 0. The number of amides is 1. The third-order valence-corrected chi connectivity index (χ3v) is 9.32. The highest BCUT2D eigenvalue weighted by molar-refractivity contribution is 5.98. The Kier molecular flexibility index (Phi) is 9.78. The molecule has 0 spiro atoms. The molecule has 2 aromatic heterocycles. The number of hydrogen-bond acceptors (Lipinski definition) is 7. The number of nitrogens with zero attached hydrogens (tertiary/aromatic N) is 5. The molecule has 3 unspecified atom stereocenters. The quantitative estimate of drug-likeness (QED) is 0.276. The first-order valence-corrected chi connectivity index (χ1v) is 15.9. The zero-order valence-electron chi connectivity index (χ0n) is 26.1. The van der Waals surface area contributed by atoms with Crippen molar-refractivity contribution in [1.82, 2.24) is 24.9 Å². The predicted molar refractivity (Wildman–Crippen MR) is 164 cm³/mol. The summed E-state index contributed by atoms with van der Waals surface area (Å²) in [6.07, 6.45) is 10.4. The first-order chi connectivity index (χ1) is 20.8. The molecule has 9 nitrogen and oxygen atoms in total. The number of para-hydroxylation sites is 1. The zero-order valence-corrected chi connectivity index (χ0v) is 26.1. The van der Waals surface area contributed by atoms with Gasteiger partial charge in [-0.2, -0.15) is 15.0 Å². The van der Waals surface area contributed by atoms with Crippen LogP contribution in [-0.2, 0) is 11.2 Å². The first-order valence-electron chi connectivity index (χ1n) is 15.9. The summed E-state index contributed by atoms with van der Waals surface area (Å²) < 4.78 is 11.9. The van der Waals surface area contributed by atoms with Crippen molar-refractivity contribution in [3.05, 3.63) is 65.6 Å². The van der Waals surface area contributed by atoms with E-state index in [-0.39, 0.29) is 30.5 Å². The normalized spacial score (nSPS) is 24.1. The number of esters is 1. The van der Waals surface area contributed by atoms with E-state index in [0.29, 0.717) is 53.5 Å². The summed E-state index contributed by atoms with van der Waals surface area (Å²) in [7, 11) is 0. The third kappa shape index (κ3) is 6.60. The van der Waals surface area contributed by atoms with Gasteiger partial charge in [0.15, 0.2) is 0 Å². The van der Waals surface area contributed by atoms with Gasteiger partial charge in [-0.3, -0.25) is 4.79 Å². The van der Waals surface area contributed by atoms with Crippen LogP contribution in [0.2, 0.25) is 0 Å². The number of benzene rings is 1. The Morgan fingerprint density at radius 2 is 1.77 bits per heavy atom. The van der Waals surface area contributed by atoms with Gasteiger partial charge in [-0.1, -0.05) is 46.2 Å². The van der Waals surface area contributed by atoms with E-state index in [0.717, 1.165) is 24.8 Å². The molecule has 0 bridgehead atoms. The maximum Gasteiger partial charge on any atom is 0.343 e. The van der Waals surface area contributed by atoms with Crippen molar-refractivity contribution in [1.29, 1.82) is 0 Å². The Morgan fingerprint density at radius 1 is 1.00 bits per heavy atom. The molecule has 1 saturated heterocycles. The second-order valence-corrected chi connectivity index (χ2v) is 12.4. The van der Waals surface area contributed by atoms with E-state index in [9.17, 15) is 9.59 Å². The van der Waals surface area contributed by atoms with E-state index in [2.05, 4.69) is 36.0 Å². The standard InChI is InChI=1S/C34H45N5O4/c1-6-24-16-17-35-32(31(24)34(41)42-7-2)43-25-13-15-29(28-20-23(5)12-14-26(28)22(3)4)38(21-25)33(40)27-10-8-9-11-30(27)39-36-18-19-37-39/h8-11,16-19,22-23,25-26,28-29H,6-7,12-15,20-21H2,1-5H3/t23?,25-,26?,28?,29-/m1/s1. The molecule has 0 radical (unpaired) electrons. The van der Waals surface area contributed by atoms with Crippen LogP contribution in [0.1, 0.15) is 93.0 Å². The molecule has 3 aromatic rings. The van der Waals surface area contributed by atoms with Gasteiger partial charge in [-0.05, 0) is 86.5 Å². The van der Waals surface area contributed by atoms with Crippen LogP contribution >= 0.6 is 0 Å². The number of hydrogen-bond donors (Lipinski definition) is 0. The van der Waals surface area contributed by atoms with Crippen LogP contribution < -0.4 is 4.74 Å². The summed E-state index contributed by atoms with van der Waals surface area (Å²) in [6.45, 7) is 11.4. The van der Waals surface area contributed by atoms with E-state index in [1.165, 1.54) is 17.6 Å². The molecule has 5 atom stereocenters. The van der Waals surface area contributed by atoms with Gasteiger partial charge in [-0.15, -0.1) is 0 Å². The number of carbonyl (C=O) groups is 2. The van der Waals surface area contributed by atoms with Gasteiger partial charge in [0.25, 0.3) is 5.91 Å². The van der Waals surface area contributed by atoms with Gasteiger partial charge >= 0.3 is 5.97 Å². The number of rotatable bonds is 9. The van der Waals surface area contributed by atoms with E-state index in [1.807, 2.05) is 42.2 Å². The average Bonchev–Trinajstić information content (AvgIpc) is 3.55. The Labute approximate surface area is 255 Å². The number of carbonyl (C=O) groups excluding carboxylic acids is 2. The highest BCUT2D eigenvalue weighted by atomic mass is 16.5. The van der Waals surface area contributed by atoms with Crippen LogP contribution in [0.4, 0.5) is 0 Å². The molecule has 1 saturated carbocycles. The molecule has 1 aromatic carbocycles. The molecule has 230 valence electrons. The molecule has 3 heterocycles. The minimum atomic E-state index is -0.430. The van der Waals surface area contributed by atoms with Crippen LogP contribution in [0, 0.1) is 23.7 Å². The first kappa shape index (κ1) is 30.7. The fourth-order valence-electron chi connectivity index (χ4n) is 7.22. The molecule has 0 N–H and O–H groups in total. The molecular formula is C34H45N5O4. The second-order valence-electron chi connectivity index (χ2n) is 12.4. The Balaban J connectivity index is 1.50. The molecular weight excluding hydrogens is 542 g/mol. The number of aromatic nitrogens is 4. The van der Waals surface area contributed by atoms with Crippen molar-refractivity contribution in [2.75, 3.05) is 13.2 Å². The van der Waals surface area contributed by atoms with Gasteiger partial charge < -0.3 is 14.4 Å². The summed E-state index contributed by atoms with van der Waals surface area (Å²) in [4.78, 5) is 35.6. The topological polar surface area (TPSA) is 99.4 Å². The molecule has 1 aliphatic heterocycles. The van der Waals surface area contributed by atoms with Crippen molar-refractivity contribution in [3.8, 4) is 11.6 Å². The van der Waals surface area contributed by atoms with Gasteiger partial charge in [-0.25, -0.2) is 9.78 Å². The van der Waals surface area contributed by atoms with Crippen LogP contribution in [0.5, 0.6) is 5.88 Å². The van der Waals surface area contributed by atoms with Crippen LogP contribution in [0.25, 0.3) is 5.69 Å². The Hall–Kier alpha value is -3.75. The SMILES string of the molecule is CCOC(=O)c1c(CC)ccnc1O[C@@H]1CC[C@H](C2CC(C)CCC2C(C)C)N(C(=O)c2ccccc2-n2nccn2)C1. The molecule has 43 heavy (non-hydrogen) atoms. The van der Waals surface area contributed by atoms with Crippen molar-refractivity contribution < 1.29 is 19.1 Å². The van der Waals surface area contributed by atoms with Crippen molar-refractivity contribution in [2.24, 2.45) is 23.7 Å². The maximum atomic E-state index is 14.6. The van der Waals surface area contributed by atoms with E-state index < -0.39 is 5.97 Å². The summed E-state index contributed by atoms with van der Waals surface area (Å²) in [5, 5.41) is 8.63. The second kappa shape index (κ2) is 13.7. The zero-order chi connectivity index (χ0) is 30.5. The minimum absolute atomic E-state index is 0.0483. The molecule has 9 heteroatoms. The minimum Gasteiger partial charge on any atom is -0.472 e. The number of aryl methyl sites for hydroxylation is 1. The Morgan fingerprint density at radius 3 is 2.49 bits per heavy atom. The van der Waals surface area contributed by atoms with Crippen molar-refractivity contribution in [3.63, 3.8) is 0 Å². The highest BCUT2D eigenvalue weighted by Gasteiger charge is 2.44. The number of pyridine rings is 1. The largest absolute Gasteiger partial charge is 0.472 e. The number of ether oxygens (including phenoxy) is 2. The van der Waals surface area contributed by atoms with Gasteiger partial charge in [0.05, 0.1) is 36.8 Å². The lowest BCUT2D eigenvalue weighted by Crippen LogP contribution is -2.55. The fraction of sp³-hybridized carbons (Fsp3) is 0.559. The maximum absolute atomic E-state index is 14.6. The summed E-state index contributed by atoms with van der Waals surface area (Å²) in [6, 6.07) is 9.44. The molecule has 1 aliphatic carbocycles. The van der Waals surface area contributed by atoms with Crippen molar-refractivity contribution in [2.45, 2.75) is 85.3 Å². The van der Waals surface area contributed by atoms with Gasteiger partial charge in [0, 0.05) is 12.2 Å². The molecule has 2 fully saturated rings. The lowest BCUT2D eigenvalue weighted by atomic mass is 9.65. The summed E-state index contributed by atoms with van der Waals surface area (Å²) in [5.74, 6) is 1.92. The molecule has 5 rings (SSSR count). The smallest absolute Gasteiger partial charge is 0.343 e. The average molecular weight is 588 g/mol. The Bertz CT molecular complexity index is 1390. The molecule has 1 amide bonds. The number of piperidine rings is 1. The van der Waals surface area contributed by atoms with E-state index in [4.69, 9.17) is 9.47 Å². The lowest BCUT2D eigenvalue weighted by Gasteiger charge is -2.49. The summed E-state index contributed by atoms with van der Waals surface area (Å²) in [5.41, 5.74) is 2.43. The van der Waals surface area contributed by atoms with Crippen LogP contribution in [0.15, 0.2) is 48.9 Å². The van der Waals surface area contributed by atoms with Gasteiger partial charge in [0.2, 0.25) is 5.88 Å². The number of likely N-dealkylation sites (tertiary alicyclic amines) is 1. The van der Waals surface area contributed by atoms with E-state index in [1.54, 1.807) is 25.5 Å².